The van der Waals surface area contributed by atoms with E-state index in [1.165, 1.54) is 17.2 Å². The normalized spacial score (nSPS) is 17.7. The Balaban J connectivity index is 1.35. The molecular weight excluding hydrogens is 448 g/mol. The fourth-order valence-corrected chi connectivity index (χ4v) is 5.38. The van der Waals surface area contributed by atoms with Crippen molar-refractivity contribution in [2.45, 2.75) is 39.0 Å². The Morgan fingerprint density at radius 3 is 2.79 bits per heavy atom. The molecule has 0 bridgehead atoms. The molecule has 174 valence electrons. The third-order valence-electron chi connectivity index (χ3n) is 6.56. The molecule has 0 fully saturated rings. The molecule has 0 radical (unpaired) electrons. The second-order valence-corrected chi connectivity index (χ2v) is 10.4. The number of carboxylic acids is 1. The average molecular weight is 475 g/mol. The largest absolute Gasteiger partial charge is 0.505 e. The van der Waals surface area contributed by atoms with Crippen molar-refractivity contribution in [2.75, 3.05) is 17.0 Å². The number of fused-ring (bicyclic) bond motifs is 1. The van der Waals surface area contributed by atoms with Crippen LogP contribution >= 0.6 is 11.3 Å². The molecule has 3 N–H and O–H groups in total. The van der Waals surface area contributed by atoms with Gasteiger partial charge < -0.3 is 10.2 Å². The highest BCUT2D eigenvalue weighted by atomic mass is 32.1. The summed E-state index contributed by atoms with van der Waals surface area (Å²) in [5, 5.41) is 31.1. The van der Waals surface area contributed by atoms with Crippen LogP contribution in [0.25, 0.3) is 10.4 Å². The summed E-state index contributed by atoms with van der Waals surface area (Å²) in [6, 6.07) is 15.1. The summed E-state index contributed by atoms with van der Waals surface area (Å²) in [6.07, 6.45) is 2.28. The van der Waals surface area contributed by atoms with Gasteiger partial charge in [0.2, 0.25) is 0 Å². The van der Waals surface area contributed by atoms with Crippen LogP contribution in [0.4, 0.5) is 11.4 Å². The number of hydrogen-bond donors (Lipinski definition) is 3. The Labute approximate surface area is 202 Å². The summed E-state index contributed by atoms with van der Waals surface area (Å²) in [7, 11) is 0. The minimum Gasteiger partial charge on any atom is -0.505 e. The van der Waals surface area contributed by atoms with Gasteiger partial charge in [-0.15, -0.1) is 11.3 Å². The Hall–Kier alpha value is -3.65. The molecule has 1 aliphatic carbocycles. The Morgan fingerprint density at radius 2 is 2.03 bits per heavy atom. The first kappa shape index (κ1) is 22.2. The average Bonchev–Trinajstić information content (AvgIpc) is 3.51. The number of phenols is 1. The molecule has 0 spiro atoms. The number of nitrogens with zero attached hydrogens (tertiary/aromatic N) is 3. The Bertz CT molecular complexity index is 1360. The number of carbonyl (C=O) groups is 1. The van der Waals surface area contributed by atoms with E-state index in [2.05, 4.69) is 42.6 Å². The SMILES string of the molecule is CC1=NN(c2ccc3c(c2)C(C)(C)CC3)C/C1=N\Nc1cccc(-c2ccc(C(=O)O)s2)c1O. The molecule has 34 heavy (non-hydrogen) atoms. The minimum atomic E-state index is -0.982. The van der Waals surface area contributed by atoms with Crippen molar-refractivity contribution in [3.63, 3.8) is 0 Å². The molecule has 0 saturated carbocycles. The van der Waals surface area contributed by atoms with E-state index in [0.29, 0.717) is 22.7 Å². The molecule has 0 atom stereocenters. The predicted molar refractivity (Wildman–Crippen MR) is 138 cm³/mol. The maximum atomic E-state index is 11.2. The first-order valence-corrected chi connectivity index (χ1v) is 12.0. The van der Waals surface area contributed by atoms with E-state index in [9.17, 15) is 15.0 Å². The molecule has 2 heterocycles. The Kier molecular flexibility index (Phi) is 5.40. The first-order valence-electron chi connectivity index (χ1n) is 11.2. The van der Waals surface area contributed by atoms with Crippen LogP contribution in [-0.4, -0.2) is 34.2 Å². The van der Waals surface area contributed by atoms with Gasteiger partial charge >= 0.3 is 5.97 Å². The zero-order chi connectivity index (χ0) is 24.0. The number of benzene rings is 2. The number of rotatable bonds is 5. The quantitative estimate of drug-likeness (QED) is 0.325. The standard InChI is InChI=1S/C26H26N4O3S/c1-15-21(14-30(29-15)17-8-7-16-11-12-26(2,3)19(16)13-17)28-27-20-6-4-5-18(24(20)31)22-9-10-23(34-22)25(32)33/h4-10,13,27,31H,11-12,14H2,1-3H3,(H,32,33)/b28-21+. The molecule has 2 aromatic carbocycles. The summed E-state index contributed by atoms with van der Waals surface area (Å²) in [5.41, 5.74) is 9.61. The van der Waals surface area contributed by atoms with Gasteiger partial charge in [-0.05, 0) is 72.7 Å². The molecule has 1 aromatic heterocycles. The second-order valence-electron chi connectivity index (χ2n) is 9.31. The summed E-state index contributed by atoms with van der Waals surface area (Å²) in [6.45, 7) is 7.03. The third kappa shape index (κ3) is 3.94. The number of nitrogens with one attached hydrogen (secondary N) is 1. The molecule has 3 aromatic rings. The van der Waals surface area contributed by atoms with Crippen LogP contribution in [0.15, 0.2) is 58.7 Å². The van der Waals surface area contributed by atoms with Crippen molar-refractivity contribution in [1.29, 1.82) is 0 Å². The van der Waals surface area contributed by atoms with E-state index in [1.54, 1.807) is 24.3 Å². The lowest BCUT2D eigenvalue weighted by molar-refractivity contribution is 0.0702. The van der Waals surface area contributed by atoms with Crippen molar-refractivity contribution >= 4 is 40.1 Å². The van der Waals surface area contributed by atoms with Crippen LogP contribution < -0.4 is 10.4 Å². The van der Waals surface area contributed by atoms with E-state index in [0.717, 1.165) is 41.3 Å². The smallest absolute Gasteiger partial charge is 0.345 e. The molecule has 0 amide bonds. The van der Waals surface area contributed by atoms with Crippen molar-refractivity contribution in [1.82, 2.24) is 0 Å². The van der Waals surface area contributed by atoms with Gasteiger partial charge in [-0.3, -0.25) is 10.4 Å². The molecule has 0 unspecified atom stereocenters. The number of thiophene rings is 1. The van der Waals surface area contributed by atoms with Gasteiger partial charge in [0.1, 0.15) is 16.3 Å². The third-order valence-corrected chi connectivity index (χ3v) is 7.66. The number of aromatic carboxylic acids is 1. The van der Waals surface area contributed by atoms with Crippen LogP contribution in [0.5, 0.6) is 5.75 Å². The zero-order valence-electron chi connectivity index (χ0n) is 19.3. The number of hydrazone groups is 2. The molecule has 7 nitrogen and oxygen atoms in total. The van der Waals surface area contributed by atoms with E-state index < -0.39 is 5.97 Å². The van der Waals surface area contributed by atoms with Crippen molar-refractivity contribution < 1.29 is 15.0 Å². The summed E-state index contributed by atoms with van der Waals surface area (Å²) in [5.74, 6) is -0.958. The van der Waals surface area contributed by atoms with Crippen molar-refractivity contribution in [2.24, 2.45) is 10.2 Å². The number of aromatic hydroxyl groups is 1. The van der Waals surface area contributed by atoms with Crippen LogP contribution in [0, 0.1) is 0 Å². The molecule has 1 aliphatic heterocycles. The first-order chi connectivity index (χ1) is 16.2. The van der Waals surface area contributed by atoms with Crippen LogP contribution in [-0.2, 0) is 11.8 Å². The number of hydrogen-bond acceptors (Lipinski definition) is 7. The molecular formula is C26H26N4O3S. The van der Waals surface area contributed by atoms with Gasteiger partial charge in [-0.1, -0.05) is 26.0 Å². The van der Waals surface area contributed by atoms with Gasteiger partial charge in [0.15, 0.2) is 0 Å². The van der Waals surface area contributed by atoms with E-state index in [-0.39, 0.29) is 16.0 Å². The van der Waals surface area contributed by atoms with Gasteiger partial charge in [-0.2, -0.15) is 10.2 Å². The van der Waals surface area contributed by atoms with Crippen LogP contribution in [0.2, 0.25) is 0 Å². The number of aryl methyl sites for hydroxylation is 1. The van der Waals surface area contributed by atoms with E-state index in [1.807, 2.05) is 11.9 Å². The lowest BCUT2D eigenvalue weighted by Crippen LogP contribution is -2.20. The van der Waals surface area contributed by atoms with Crippen LogP contribution in [0.1, 0.15) is 48.0 Å². The predicted octanol–water partition coefficient (Wildman–Crippen LogP) is 5.71. The number of carboxylic acid groups (broad SMARTS) is 1. The molecule has 2 aliphatic rings. The zero-order valence-corrected chi connectivity index (χ0v) is 20.1. The highest BCUT2D eigenvalue weighted by molar-refractivity contribution is 7.17. The number of para-hydroxylation sites is 1. The van der Waals surface area contributed by atoms with Gasteiger partial charge in [0, 0.05) is 10.4 Å². The topological polar surface area (TPSA) is 97.5 Å². The maximum Gasteiger partial charge on any atom is 0.345 e. The van der Waals surface area contributed by atoms with E-state index >= 15 is 0 Å². The summed E-state index contributed by atoms with van der Waals surface area (Å²) >= 11 is 1.12. The highest BCUT2D eigenvalue weighted by Crippen LogP contribution is 2.41. The van der Waals surface area contributed by atoms with Crippen molar-refractivity contribution in [3.8, 4) is 16.2 Å². The van der Waals surface area contributed by atoms with E-state index in [4.69, 9.17) is 5.10 Å². The van der Waals surface area contributed by atoms with Crippen LogP contribution in [0.3, 0.4) is 0 Å². The van der Waals surface area contributed by atoms with Gasteiger partial charge in [0.25, 0.3) is 0 Å². The Morgan fingerprint density at radius 1 is 1.21 bits per heavy atom. The van der Waals surface area contributed by atoms with Gasteiger partial charge in [-0.25, -0.2) is 4.79 Å². The highest BCUT2D eigenvalue weighted by Gasteiger charge is 2.31. The fraction of sp³-hybridized carbons (Fsp3) is 0.269. The molecule has 5 rings (SSSR count). The maximum absolute atomic E-state index is 11.2. The number of phenolic OH excluding ortho intramolecular Hbond substituents is 1. The molecule has 0 saturated heterocycles. The number of anilines is 2. The van der Waals surface area contributed by atoms with Crippen molar-refractivity contribution in [3.05, 3.63) is 64.5 Å². The summed E-state index contributed by atoms with van der Waals surface area (Å²) < 4.78 is 0. The molecule has 8 heteroatoms. The lowest BCUT2D eigenvalue weighted by atomic mass is 9.86. The van der Waals surface area contributed by atoms with Gasteiger partial charge in [0.05, 0.1) is 23.6 Å². The summed E-state index contributed by atoms with van der Waals surface area (Å²) in [4.78, 5) is 12.1. The fourth-order valence-electron chi connectivity index (χ4n) is 4.51. The minimum absolute atomic E-state index is 0.0240. The second kappa shape index (κ2) is 8.29. The lowest BCUT2D eigenvalue weighted by Gasteiger charge is -2.21. The monoisotopic (exact) mass is 474 g/mol.